The molecular formula is C22H27N2O5-. The van der Waals surface area contributed by atoms with Gasteiger partial charge in [0, 0.05) is 31.2 Å². The van der Waals surface area contributed by atoms with Crippen molar-refractivity contribution in [3.63, 3.8) is 0 Å². The SMILES string of the molecule is CCOC(=O)c1[nH]c(C)c(CN(CCc2ccccc2)C(=O)CCC(=O)[O-])c1C. The molecule has 0 saturated heterocycles. The highest BCUT2D eigenvalue weighted by atomic mass is 16.5. The van der Waals surface area contributed by atoms with Crippen molar-refractivity contribution in [2.75, 3.05) is 13.2 Å². The second-order valence-corrected chi connectivity index (χ2v) is 6.87. The third-order valence-corrected chi connectivity index (χ3v) is 4.83. The number of hydrogen-bond acceptors (Lipinski definition) is 5. The molecule has 1 aromatic heterocycles. The van der Waals surface area contributed by atoms with Crippen molar-refractivity contribution in [1.29, 1.82) is 0 Å². The Morgan fingerprint density at radius 2 is 1.79 bits per heavy atom. The third kappa shape index (κ3) is 6.20. The van der Waals surface area contributed by atoms with Gasteiger partial charge in [-0.3, -0.25) is 4.79 Å². The summed E-state index contributed by atoms with van der Waals surface area (Å²) in [7, 11) is 0. The Balaban J connectivity index is 2.21. The first-order valence-electron chi connectivity index (χ1n) is 9.70. The highest BCUT2D eigenvalue weighted by Gasteiger charge is 2.22. The van der Waals surface area contributed by atoms with Gasteiger partial charge in [0.05, 0.1) is 6.61 Å². The molecule has 0 bridgehead atoms. The molecule has 2 rings (SSSR count). The Morgan fingerprint density at radius 3 is 2.41 bits per heavy atom. The fourth-order valence-electron chi connectivity index (χ4n) is 3.19. The number of amides is 1. The van der Waals surface area contributed by atoms with E-state index in [1.807, 2.05) is 44.2 Å². The molecule has 1 amide bonds. The lowest BCUT2D eigenvalue weighted by Gasteiger charge is -2.24. The molecule has 156 valence electrons. The summed E-state index contributed by atoms with van der Waals surface area (Å²) in [5.41, 5.74) is 3.81. The van der Waals surface area contributed by atoms with Gasteiger partial charge in [-0.15, -0.1) is 0 Å². The summed E-state index contributed by atoms with van der Waals surface area (Å²) in [6.45, 7) is 6.39. The smallest absolute Gasteiger partial charge is 0.355 e. The van der Waals surface area contributed by atoms with Gasteiger partial charge < -0.3 is 24.5 Å². The third-order valence-electron chi connectivity index (χ3n) is 4.83. The quantitative estimate of drug-likeness (QED) is 0.615. The minimum Gasteiger partial charge on any atom is -0.550 e. The van der Waals surface area contributed by atoms with Crippen LogP contribution in [0.1, 0.15) is 52.6 Å². The number of H-pyrrole nitrogens is 1. The molecule has 0 fully saturated rings. The number of nitrogens with one attached hydrogen (secondary N) is 1. The van der Waals surface area contributed by atoms with E-state index >= 15 is 0 Å². The zero-order valence-electron chi connectivity index (χ0n) is 17.1. The fraction of sp³-hybridized carbons (Fsp3) is 0.409. The molecule has 7 heteroatoms. The number of carbonyl (C=O) groups is 3. The zero-order valence-corrected chi connectivity index (χ0v) is 17.1. The molecule has 0 aliphatic carbocycles. The molecule has 1 heterocycles. The Morgan fingerprint density at radius 1 is 1.10 bits per heavy atom. The topological polar surface area (TPSA) is 103 Å². The highest BCUT2D eigenvalue weighted by molar-refractivity contribution is 5.90. The van der Waals surface area contributed by atoms with Crippen LogP contribution < -0.4 is 5.11 Å². The van der Waals surface area contributed by atoms with Gasteiger partial charge in [0.15, 0.2) is 0 Å². The molecule has 2 aromatic rings. The number of aromatic amines is 1. The zero-order chi connectivity index (χ0) is 21.4. The maximum atomic E-state index is 12.7. The van der Waals surface area contributed by atoms with E-state index in [1.54, 1.807) is 11.8 Å². The van der Waals surface area contributed by atoms with Crippen LogP contribution in [-0.4, -0.2) is 40.9 Å². The van der Waals surface area contributed by atoms with Crippen LogP contribution in [0.5, 0.6) is 0 Å². The molecule has 0 saturated carbocycles. The summed E-state index contributed by atoms with van der Waals surface area (Å²) >= 11 is 0. The molecule has 0 aliphatic rings. The van der Waals surface area contributed by atoms with Gasteiger partial charge in [-0.1, -0.05) is 30.3 Å². The summed E-state index contributed by atoms with van der Waals surface area (Å²) in [6, 6.07) is 9.76. The number of aromatic nitrogens is 1. The molecule has 0 atom stereocenters. The van der Waals surface area contributed by atoms with Crippen LogP contribution in [0, 0.1) is 13.8 Å². The molecule has 7 nitrogen and oxygen atoms in total. The van der Waals surface area contributed by atoms with Crippen LogP contribution in [-0.2, 0) is 27.3 Å². The summed E-state index contributed by atoms with van der Waals surface area (Å²) < 4.78 is 5.08. The molecule has 1 aromatic carbocycles. The van der Waals surface area contributed by atoms with E-state index in [4.69, 9.17) is 4.74 Å². The number of rotatable bonds is 10. The van der Waals surface area contributed by atoms with Gasteiger partial charge in [0.1, 0.15) is 5.69 Å². The lowest BCUT2D eigenvalue weighted by Crippen LogP contribution is -2.34. The van der Waals surface area contributed by atoms with Gasteiger partial charge in [-0.2, -0.15) is 0 Å². The maximum Gasteiger partial charge on any atom is 0.355 e. The molecule has 1 N–H and O–H groups in total. The average Bonchev–Trinajstić information content (AvgIpc) is 2.98. The van der Waals surface area contributed by atoms with Crippen LogP contribution >= 0.6 is 0 Å². The lowest BCUT2D eigenvalue weighted by atomic mass is 10.1. The maximum absolute atomic E-state index is 12.7. The number of carboxylic acids is 1. The van der Waals surface area contributed by atoms with Gasteiger partial charge in [0.25, 0.3) is 0 Å². The number of carboxylic acid groups (broad SMARTS) is 1. The van der Waals surface area contributed by atoms with Crippen molar-refractivity contribution < 1.29 is 24.2 Å². The first-order chi connectivity index (χ1) is 13.8. The van der Waals surface area contributed by atoms with Crippen LogP contribution in [0.25, 0.3) is 0 Å². The number of esters is 1. The average molecular weight is 399 g/mol. The fourth-order valence-corrected chi connectivity index (χ4v) is 3.19. The molecule has 0 spiro atoms. The number of aliphatic carboxylic acids is 1. The Hall–Kier alpha value is -3.09. The van der Waals surface area contributed by atoms with Gasteiger partial charge >= 0.3 is 5.97 Å². The Bertz CT molecular complexity index is 858. The van der Waals surface area contributed by atoms with Crippen LogP contribution in [0.2, 0.25) is 0 Å². The standard InChI is InChI=1S/C22H28N2O5/c1-4-29-22(28)21-15(2)18(16(3)23-21)14-24(19(25)10-11-20(26)27)13-12-17-8-6-5-7-9-17/h5-9,23H,4,10-14H2,1-3H3,(H,26,27)/p-1. The number of ether oxygens (including phenoxy) is 1. The molecule has 0 unspecified atom stereocenters. The minimum atomic E-state index is -1.25. The molecule has 0 radical (unpaired) electrons. The van der Waals surface area contributed by atoms with E-state index in [9.17, 15) is 19.5 Å². The minimum absolute atomic E-state index is 0.121. The number of hydrogen-bond donors (Lipinski definition) is 1. The summed E-state index contributed by atoms with van der Waals surface area (Å²) in [5.74, 6) is -1.94. The summed E-state index contributed by atoms with van der Waals surface area (Å²) in [5, 5.41) is 10.8. The van der Waals surface area contributed by atoms with Gasteiger partial charge in [-0.05, 0) is 50.3 Å². The number of carbonyl (C=O) groups excluding carboxylic acids is 3. The normalized spacial score (nSPS) is 10.6. The van der Waals surface area contributed by atoms with E-state index in [0.29, 0.717) is 18.7 Å². The first-order valence-corrected chi connectivity index (χ1v) is 9.70. The number of aryl methyl sites for hydroxylation is 1. The lowest BCUT2D eigenvalue weighted by molar-refractivity contribution is -0.305. The van der Waals surface area contributed by atoms with Crippen molar-refractivity contribution in [1.82, 2.24) is 9.88 Å². The van der Waals surface area contributed by atoms with Crippen molar-refractivity contribution >= 4 is 17.8 Å². The van der Waals surface area contributed by atoms with Crippen LogP contribution in [0.15, 0.2) is 30.3 Å². The highest BCUT2D eigenvalue weighted by Crippen LogP contribution is 2.21. The van der Waals surface area contributed by atoms with Gasteiger partial charge in [-0.25, -0.2) is 4.79 Å². The first kappa shape index (κ1) is 22.2. The molecular weight excluding hydrogens is 372 g/mol. The van der Waals surface area contributed by atoms with Crippen molar-refractivity contribution in [3.05, 3.63) is 58.4 Å². The van der Waals surface area contributed by atoms with Crippen LogP contribution in [0.3, 0.4) is 0 Å². The van der Waals surface area contributed by atoms with E-state index < -0.39 is 11.9 Å². The predicted octanol–water partition coefficient (Wildman–Crippen LogP) is 1.91. The van der Waals surface area contributed by atoms with Crippen molar-refractivity contribution in [3.8, 4) is 0 Å². The van der Waals surface area contributed by atoms with E-state index in [0.717, 1.165) is 22.4 Å². The monoisotopic (exact) mass is 399 g/mol. The summed E-state index contributed by atoms with van der Waals surface area (Å²) in [6.07, 6.45) is 0.204. The second kappa shape index (κ2) is 10.5. The van der Waals surface area contributed by atoms with Crippen molar-refractivity contribution in [2.24, 2.45) is 0 Å². The van der Waals surface area contributed by atoms with E-state index in [2.05, 4.69) is 4.98 Å². The number of nitrogens with zero attached hydrogens (tertiary/aromatic N) is 1. The Labute approximate surface area is 170 Å². The predicted molar refractivity (Wildman–Crippen MR) is 106 cm³/mol. The molecule has 0 aliphatic heterocycles. The largest absolute Gasteiger partial charge is 0.550 e. The Kier molecular flexibility index (Phi) is 8.00. The van der Waals surface area contributed by atoms with E-state index in [-0.39, 0.29) is 31.9 Å². The van der Waals surface area contributed by atoms with Crippen molar-refractivity contribution in [2.45, 2.75) is 46.6 Å². The summed E-state index contributed by atoms with van der Waals surface area (Å²) in [4.78, 5) is 40.3. The molecule has 29 heavy (non-hydrogen) atoms. The number of benzene rings is 1. The second-order valence-electron chi connectivity index (χ2n) is 6.87. The van der Waals surface area contributed by atoms with Gasteiger partial charge in [0.2, 0.25) is 5.91 Å². The van der Waals surface area contributed by atoms with Crippen LogP contribution in [0.4, 0.5) is 0 Å². The van der Waals surface area contributed by atoms with E-state index in [1.165, 1.54) is 0 Å².